The molecule has 3 aromatic rings. The van der Waals surface area contributed by atoms with Crippen LogP contribution in [0.25, 0.3) is 0 Å². The molecule has 1 aliphatic carbocycles. The summed E-state index contributed by atoms with van der Waals surface area (Å²) in [6.45, 7) is 0.724. The normalized spacial score (nSPS) is 17.0. The maximum atomic E-state index is 13.6. The average Bonchev–Trinajstić information content (AvgIpc) is 3.56. The lowest BCUT2D eigenvalue weighted by molar-refractivity contribution is -0.135. The van der Waals surface area contributed by atoms with E-state index in [1.165, 1.54) is 17.0 Å². The third kappa shape index (κ3) is 5.60. The summed E-state index contributed by atoms with van der Waals surface area (Å²) in [5.41, 5.74) is 1.63. The van der Waals surface area contributed by atoms with Crippen LogP contribution in [0.3, 0.4) is 0 Å². The monoisotopic (exact) mass is 513 g/mol. The van der Waals surface area contributed by atoms with E-state index in [4.69, 9.17) is 16.3 Å². The predicted molar refractivity (Wildman–Crippen MR) is 135 cm³/mol. The molecular formula is C26H25ClFN3O3S. The van der Waals surface area contributed by atoms with Gasteiger partial charge in [-0.3, -0.25) is 4.79 Å². The van der Waals surface area contributed by atoms with Gasteiger partial charge in [0, 0.05) is 34.2 Å². The molecule has 182 valence electrons. The molecule has 0 saturated heterocycles. The number of carbonyl (C=O) groups is 2. The van der Waals surface area contributed by atoms with Crippen LogP contribution in [0.2, 0.25) is 5.02 Å². The summed E-state index contributed by atoms with van der Waals surface area (Å²) < 4.78 is 19.5. The molecule has 9 heteroatoms. The smallest absolute Gasteiger partial charge is 0.322 e. The van der Waals surface area contributed by atoms with Gasteiger partial charge in [0.1, 0.15) is 24.7 Å². The molecule has 1 saturated carbocycles. The molecule has 0 bridgehead atoms. The first-order valence-electron chi connectivity index (χ1n) is 11.6. The number of ether oxygens (including phenoxy) is 1. The van der Waals surface area contributed by atoms with E-state index in [0.29, 0.717) is 23.0 Å². The lowest BCUT2D eigenvalue weighted by Gasteiger charge is -2.37. The fourth-order valence-corrected chi connectivity index (χ4v) is 5.48. The van der Waals surface area contributed by atoms with Gasteiger partial charge in [-0.05, 0) is 66.6 Å². The number of rotatable bonds is 7. The SMILES string of the molecule is O=C(Nc1cccc(Cl)c1)N(CC(=O)N1CCc2sccc2[C@H]1COc1cccc(F)c1)C1CC1. The lowest BCUT2D eigenvalue weighted by atomic mass is 10.0. The molecule has 1 N–H and O–H groups in total. The Bertz CT molecular complexity index is 1230. The van der Waals surface area contributed by atoms with E-state index in [1.54, 1.807) is 57.5 Å². The molecule has 5 rings (SSSR count). The van der Waals surface area contributed by atoms with Gasteiger partial charge in [-0.2, -0.15) is 0 Å². The first-order chi connectivity index (χ1) is 17.0. The summed E-state index contributed by atoms with van der Waals surface area (Å²) in [6, 6.07) is 14.4. The van der Waals surface area contributed by atoms with Crippen molar-refractivity contribution in [3.63, 3.8) is 0 Å². The minimum atomic E-state index is -0.374. The number of hydrogen-bond donors (Lipinski definition) is 1. The van der Waals surface area contributed by atoms with E-state index in [2.05, 4.69) is 5.32 Å². The molecule has 2 aliphatic rings. The molecule has 0 spiro atoms. The van der Waals surface area contributed by atoms with Crippen LogP contribution in [0.5, 0.6) is 5.75 Å². The largest absolute Gasteiger partial charge is 0.491 e. The number of urea groups is 1. The van der Waals surface area contributed by atoms with Crippen molar-refractivity contribution in [1.82, 2.24) is 9.80 Å². The Morgan fingerprint density at radius 3 is 2.77 bits per heavy atom. The van der Waals surface area contributed by atoms with Crippen molar-refractivity contribution in [2.45, 2.75) is 31.3 Å². The molecule has 1 atom stereocenters. The minimum Gasteiger partial charge on any atom is -0.491 e. The molecule has 1 aromatic heterocycles. The number of carbonyl (C=O) groups excluding carboxylic acids is 2. The topological polar surface area (TPSA) is 61.9 Å². The van der Waals surface area contributed by atoms with Crippen LogP contribution >= 0.6 is 22.9 Å². The van der Waals surface area contributed by atoms with Crippen molar-refractivity contribution in [3.05, 3.63) is 81.3 Å². The van der Waals surface area contributed by atoms with Gasteiger partial charge >= 0.3 is 6.03 Å². The Balaban J connectivity index is 1.30. The van der Waals surface area contributed by atoms with Crippen molar-refractivity contribution in [3.8, 4) is 5.75 Å². The quantitative estimate of drug-likeness (QED) is 0.438. The summed E-state index contributed by atoms with van der Waals surface area (Å²) >= 11 is 7.71. The molecule has 0 unspecified atom stereocenters. The van der Waals surface area contributed by atoms with Crippen LogP contribution < -0.4 is 10.1 Å². The first kappa shape index (κ1) is 23.6. The van der Waals surface area contributed by atoms with Crippen LogP contribution in [0.4, 0.5) is 14.9 Å². The highest BCUT2D eigenvalue weighted by Crippen LogP contribution is 2.35. The fraction of sp³-hybridized carbons (Fsp3) is 0.308. The Morgan fingerprint density at radius 1 is 1.17 bits per heavy atom. The third-order valence-electron chi connectivity index (χ3n) is 6.25. The van der Waals surface area contributed by atoms with E-state index >= 15 is 0 Å². The summed E-state index contributed by atoms with van der Waals surface area (Å²) in [5, 5.41) is 5.40. The van der Waals surface area contributed by atoms with Crippen molar-refractivity contribution < 1.29 is 18.7 Å². The zero-order chi connectivity index (χ0) is 24.4. The second-order valence-corrected chi connectivity index (χ2v) is 10.2. The lowest BCUT2D eigenvalue weighted by Crippen LogP contribution is -2.49. The second-order valence-electron chi connectivity index (χ2n) is 8.72. The Kier molecular flexibility index (Phi) is 6.92. The number of thiophene rings is 1. The molecular weight excluding hydrogens is 489 g/mol. The number of fused-ring (bicyclic) bond motifs is 1. The summed E-state index contributed by atoms with van der Waals surface area (Å²) in [7, 11) is 0. The zero-order valence-electron chi connectivity index (χ0n) is 19.0. The van der Waals surface area contributed by atoms with E-state index in [1.807, 2.05) is 11.4 Å². The Hall–Kier alpha value is -3.10. The van der Waals surface area contributed by atoms with Gasteiger partial charge in [0.15, 0.2) is 0 Å². The standard InChI is InChI=1S/C26H25ClFN3O3S/c27-17-3-1-5-19(13-17)29-26(33)31(20-7-8-20)15-25(32)30-11-9-24-22(10-12-35-24)23(30)16-34-21-6-2-4-18(28)14-21/h1-6,10,12-14,20,23H,7-9,11,15-16H2,(H,29,33)/t23-/m1/s1. The van der Waals surface area contributed by atoms with Gasteiger partial charge < -0.3 is 19.9 Å². The molecule has 0 radical (unpaired) electrons. The van der Waals surface area contributed by atoms with Crippen molar-refractivity contribution in [1.29, 1.82) is 0 Å². The number of anilines is 1. The van der Waals surface area contributed by atoms with Crippen LogP contribution in [0.15, 0.2) is 60.0 Å². The highest BCUT2D eigenvalue weighted by atomic mass is 35.5. The number of hydrogen-bond acceptors (Lipinski definition) is 4. The van der Waals surface area contributed by atoms with Gasteiger partial charge in [0.2, 0.25) is 5.91 Å². The number of nitrogens with zero attached hydrogens (tertiary/aromatic N) is 2. The minimum absolute atomic E-state index is 0.0208. The van der Waals surface area contributed by atoms with Crippen molar-refractivity contribution >= 4 is 40.6 Å². The van der Waals surface area contributed by atoms with Crippen LogP contribution in [0.1, 0.15) is 29.3 Å². The second kappa shape index (κ2) is 10.3. The zero-order valence-corrected chi connectivity index (χ0v) is 20.5. The Labute approximate surface area is 212 Å². The fourth-order valence-electron chi connectivity index (χ4n) is 4.36. The molecule has 6 nitrogen and oxygen atoms in total. The number of nitrogens with one attached hydrogen (secondary N) is 1. The third-order valence-corrected chi connectivity index (χ3v) is 7.48. The van der Waals surface area contributed by atoms with Crippen molar-refractivity contribution in [2.24, 2.45) is 0 Å². The van der Waals surface area contributed by atoms with Crippen LogP contribution in [0, 0.1) is 5.82 Å². The van der Waals surface area contributed by atoms with E-state index in [0.717, 1.165) is 24.8 Å². The predicted octanol–water partition coefficient (Wildman–Crippen LogP) is 5.74. The van der Waals surface area contributed by atoms with E-state index in [-0.39, 0.29) is 43.0 Å². The highest BCUT2D eigenvalue weighted by Gasteiger charge is 2.38. The molecule has 2 aromatic carbocycles. The summed E-state index contributed by atoms with van der Waals surface area (Å²) in [6.07, 6.45) is 2.50. The highest BCUT2D eigenvalue weighted by molar-refractivity contribution is 7.10. The summed E-state index contributed by atoms with van der Waals surface area (Å²) in [4.78, 5) is 31.2. The van der Waals surface area contributed by atoms with E-state index in [9.17, 15) is 14.0 Å². The molecule has 1 fully saturated rings. The number of halogens is 2. The van der Waals surface area contributed by atoms with Crippen LogP contribution in [-0.4, -0.2) is 47.5 Å². The average molecular weight is 514 g/mol. The van der Waals surface area contributed by atoms with E-state index < -0.39 is 0 Å². The summed E-state index contributed by atoms with van der Waals surface area (Å²) in [5.74, 6) is -0.0933. The van der Waals surface area contributed by atoms with Crippen LogP contribution in [-0.2, 0) is 11.2 Å². The molecule has 2 heterocycles. The van der Waals surface area contributed by atoms with Gasteiger partial charge in [-0.15, -0.1) is 11.3 Å². The first-order valence-corrected chi connectivity index (χ1v) is 12.8. The number of amides is 3. The molecule has 35 heavy (non-hydrogen) atoms. The number of benzene rings is 2. The molecule has 3 amide bonds. The van der Waals surface area contributed by atoms with Crippen molar-refractivity contribution in [2.75, 3.05) is 25.0 Å². The van der Waals surface area contributed by atoms with Gasteiger partial charge in [0.05, 0.1) is 6.04 Å². The maximum Gasteiger partial charge on any atom is 0.322 e. The molecule has 1 aliphatic heterocycles. The maximum absolute atomic E-state index is 13.6. The van der Waals surface area contributed by atoms with Gasteiger partial charge in [-0.1, -0.05) is 23.7 Å². The van der Waals surface area contributed by atoms with Gasteiger partial charge in [0.25, 0.3) is 0 Å². The Morgan fingerprint density at radius 2 is 2.00 bits per heavy atom. The van der Waals surface area contributed by atoms with Gasteiger partial charge in [-0.25, -0.2) is 9.18 Å².